The van der Waals surface area contributed by atoms with Gasteiger partial charge in [0.25, 0.3) is 0 Å². The molecule has 17 heavy (non-hydrogen) atoms. The number of carboxylic acid groups (broad SMARTS) is 1. The number of hydrogen-bond donors (Lipinski definition) is 1. The molecule has 1 aromatic heterocycles. The van der Waals surface area contributed by atoms with Crippen molar-refractivity contribution in [3.8, 4) is 5.69 Å². The van der Waals surface area contributed by atoms with Crippen molar-refractivity contribution in [2.45, 2.75) is 13.3 Å². The van der Waals surface area contributed by atoms with Crippen LogP contribution in [0.2, 0.25) is 0 Å². The molecule has 2 rings (SSSR count). The summed E-state index contributed by atoms with van der Waals surface area (Å²) in [5.41, 5.74) is 1.40. The molecule has 0 fully saturated rings. The molecule has 2 aromatic rings. The predicted octanol–water partition coefficient (Wildman–Crippen LogP) is 2.29. The summed E-state index contributed by atoms with van der Waals surface area (Å²) in [5, 5.41) is 16.5. The van der Waals surface area contributed by atoms with Crippen molar-refractivity contribution in [2.24, 2.45) is 0 Å². The Bertz CT molecular complexity index is 548. The Hall–Kier alpha value is -1.69. The largest absolute Gasteiger partial charge is 0.476 e. The normalized spacial score (nSPS) is 10.5. The molecular formula is C11H10BrN3O2. The average Bonchev–Trinajstić information content (AvgIpc) is 2.73. The van der Waals surface area contributed by atoms with Gasteiger partial charge in [0.2, 0.25) is 0 Å². The van der Waals surface area contributed by atoms with E-state index in [1.807, 2.05) is 31.2 Å². The van der Waals surface area contributed by atoms with Crippen LogP contribution in [0, 0.1) is 0 Å². The Morgan fingerprint density at radius 1 is 1.41 bits per heavy atom. The minimum Gasteiger partial charge on any atom is -0.476 e. The minimum absolute atomic E-state index is 0.00965. The molecule has 0 spiro atoms. The first-order valence-electron chi connectivity index (χ1n) is 5.07. The van der Waals surface area contributed by atoms with Crippen LogP contribution in [-0.2, 0) is 6.42 Å². The van der Waals surface area contributed by atoms with E-state index in [1.165, 1.54) is 0 Å². The smallest absolute Gasteiger partial charge is 0.358 e. The summed E-state index contributed by atoms with van der Waals surface area (Å²) >= 11 is 3.34. The number of rotatable bonds is 3. The first-order chi connectivity index (χ1) is 8.13. The Kier molecular flexibility index (Phi) is 3.23. The zero-order chi connectivity index (χ0) is 12.4. The summed E-state index contributed by atoms with van der Waals surface area (Å²) in [5.74, 6) is -1.05. The molecule has 88 valence electrons. The van der Waals surface area contributed by atoms with Gasteiger partial charge in [-0.05, 0) is 30.7 Å². The molecule has 0 aliphatic heterocycles. The van der Waals surface area contributed by atoms with E-state index in [-0.39, 0.29) is 5.69 Å². The lowest BCUT2D eigenvalue weighted by atomic mass is 10.2. The van der Waals surface area contributed by atoms with Gasteiger partial charge in [-0.25, -0.2) is 9.48 Å². The first kappa shape index (κ1) is 11.8. The van der Waals surface area contributed by atoms with Gasteiger partial charge in [0.1, 0.15) is 0 Å². The predicted molar refractivity (Wildman–Crippen MR) is 65.4 cm³/mol. The number of carboxylic acids is 1. The van der Waals surface area contributed by atoms with Crippen LogP contribution in [0.1, 0.15) is 23.1 Å². The van der Waals surface area contributed by atoms with Crippen LogP contribution in [0.25, 0.3) is 5.69 Å². The van der Waals surface area contributed by atoms with Gasteiger partial charge in [-0.1, -0.05) is 28.1 Å². The summed E-state index contributed by atoms with van der Waals surface area (Å²) in [7, 11) is 0. The molecule has 0 saturated carbocycles. The van der Waals surface area contributed by atoms with Gasteiger partial charge in [0.05, 0.1) is 11.4 Å². The lowest BCUT2D eigenvalue weighted by molar-refractivity contribution is 0.0689. The molecule has 0 amide bonds. The van der Waals surface area contributed by atoms with E-state index in [9.17, 15) is 4.79 Å². The molecule has 0 unspecified atom stereocenters. The maximum Gasteiger partial charge on any atom is 0.358 e. The van der Waals surface area contributed by atoms with Crippen molar-refractivity contribution in [2.75, 3.05) is 0 Å². The Labute approximate surface area is 106 Å². The van der Waals surface area contributed by atoms with Crippen LogP contribution < -0.4 is 0 Å². The SMILES string of the molecule is CCc1c(C(=O)O)nnn1-c1ccc(Br)cc1. The first-order valence-corrected chi connectivity index (χ1v) is 5.86. The van der Waals surface area contributed by atoms with Crippen molar-refractivity contribution in [1.82, 2.24) is 15.0 Å². The number of aromatic nitrogens is 3. The molecule has 0 aliphatic carbocycles. The zero-order valence-corrected chi connectivity index (χ0v) is 10.7. The lowest BCUT2D eigenvalue weighted by Crippen LogP contribution is -2.05. The van der Waals surface area contributed by atoms with E-state index in [0.717, 1.165) is 10.2 Å². The van der Waals surface area contributed by atoms with Gasteiger partial charge in [-0.3, -0.25) is 0 Å². The monoisotopic (exact) mass is 295 g/mol. The number of nitrogens with zero attached hydrogens (tertiary/aromatic N) is 3. The molecule has 0 aliphatic rings. The Morgan fingerprint density at radius 3 is 2.59 bits per heavy atom. The summed E-state index contributed by atoms with van der Waals surface area (Å²) in [6, 6.07) is 7.45. The van der Waals surface area contributed by atoms with Crippen LogP contribution in [-0.4, -0.2) is 26.1 Å². The van der Waals surface area contributed by atoms with Gasteiger partial charge < -0.3 is 5.11 Å². The highest BCUT2D eigenvalue weighted by Crippen LogP contribution is 2.16. The van der Waals surface area contributed by atoms with Crippen molar-refractivity contribution < 1.29 is 9.90 Å². The second kappa shape index (κ2) is 4.67. The van der Waals surface area contributed by atoms with Crippen LogP contribution >= 0.6 is 15.9 Å². The topological polar surface area (TPSA) is 68.0 Å². The molecule has 1 heterocycles. The number of benzene rings is 1. The fourth-order valence-electron chi connectivity index (χ4n) is 1.57. The highest BCUT2D eigenvalue weighted by atomic mass is 79.9. The van der Waals surface area contributed by atoms with Crippen LogP contribution in [0.4, 0.5) is 0 Å². The Morgan fingerprint density at radius 2 is 2.06 bits per heavy atom. The second-order valence-electron chi connectivity index (χ2n) is 3.43. The lowest BCUT2D eigenvalue weighted by Gasteiger charge is -2.04. The minimum atomic E-state index is -1.05. The van der Waals surface area contributed by atoms with E-state index in [0.29, 0.717) is 12.1 Å². The molecule has 0 radical (unpaired) electrons. The third-order valence-electron chi connectivity index (χ3n) is 2.37. The van der Waals surface area contributed by atoms with Gasteiger partial charge in [0.15, 0.2) is 5.69 Å². The summed E-state index contributed by atoms with van der Waals surface area (Å²) in [6.07, 6.45) is 0.560. The van der Waals surface area contributed by atoms with E-state index >= 15 is 0 Å². The summed E-state index contributed by atoms with van der Waals surface area (Å²) in [4.78, 5) is 11.0. The van der Waals surface area contributed by atoms with E-state index in [4.69, 9.17) is 5.11 Å². The fourth-order valence-corrected chi connectivity index (χ4v) is 1.84. The number of halogens is 1. The van der Waals surface area contributed by atoms with E-state index < -0.39 is 5.97 Å². The van der Waals surface area contributed by atoms with Crippen LogP contribution in [0.5, 0.6) is 0 Å². The molecule has 0 saturated heterocycles. The molecular weight excluding hydrogens is 286 g/mol. The zero-order valence-electron chi connectivity index (χ0n) is 9.09. The van der Waals surface area contributed by atoms with Crippen molar-refractivity contribution in [3.05, 3.63) is 40.1 Å². The molecule has 6 heteroatoms. The highest BCUT2D eigenvalue weighted by Gasteiger charge is 2.17. The molecule has 1 N–H and O–H groups in total. The maximum atomic E-state index is 11.0. The fraction of sp³-hybridized carbons (Fsp3) is 0.182. The van der Waals surface area contributed by atoms with Gasteiger partial charge >= 0.3 is 5.97 Å². The van der Waals surface area contributed by atoms with Gasteiger partial charge in [-0.15, -0.1) is 5.10 Å². The van der Waals surface area contributed by atoms with Gasteiger partial charge in [0, 0.05) is 4.47 Å². The Balaban J connectivity index is 2.52. The third kappa shape index (κ3) is 2.21. The molecule has 1 aromatic carbocycles. The standard InChI is InChI=1S/C11H10BrN3O2/c1-2-9-10(11(16)17)13-14-15(9)8-5-3-7(12)4-6-8/h3-6H,2H2,1H3,(H,16,17). The molecule has 5 nitrogen and oxygen atoms in total. The molecule has 0 atom stereocenters. The number of carbonyl (C=O) groups is 1. The number of aromatic carboxylic acids is 1. The molecule has 0 bridgehead atoms. The maximum absolute atomic E-state index is 11.0. The second-order valence-corrected chi connectivity index (χ2v) is 4.35. The highest BCUT2D eigenvalue weighted by molar-refractivity contribution is 9.10. The van der Waals surface area contributed by atoms with Gasteiger partial charge in [-0.2, -0.15) is 0 Å². The van der Waals surface area contributed by atoms with Crippen molar-refractivity contribution >= 4 is 21.9 Å². The van der Waals surface area contributed by atoms with Crippen molar-refractivity contribution in [1.29, 1.82) is 0 Å². The number of hydrogen-bond acceptors (Lipinski definition) is 3. The summed E-state index contributed by atoms with van der Waals surface area (Å²) < 4.78 is 2.51. The summed E-state index contributed by atoms with van der Waals surface area (Å²) in [6.45, 7) is 1.88. The van der Waals surface area contributed by atoms with Crippen molar-refractivity contribution in [3.63, 3.8) is 0 Å². The van der Waals surface area contributed by atoms with Crippen LogP contribution in [0.3, 0.4) is 0 Å². The third-order valence-corrected chi connectivity index (χ3v) is 2.90. The van der Waals surface area contributed by atoms with E-state index in [1.54, 1.807) is 4.68 Å². The quantitative estimate of drug-likeness (QED) is 0.943. The van der Waals surface area contributed by atoms with Crippen LogP contribution in [0.15, 0.2) is 28.7 Å². The van der Waals surface area contributed by atoms with E-state index in [2.05, 4.69) is 26.2 Å². The average molecular weight is 296 g/mol.